The van der Waals surface area contributed by atoms with Crippen molar-refractivity contribution < 1.29 is 4.79 Å². The number of carbonyl (C=O) groups is 1. The van der Waals surface area contributed by atoms with Gasteiger partial charge in [0.05, 0.1) is 11.9 Å². The van der Waals surface area contributed by atoms with E-state index in [0.29, 0.717) is 11.0 Å². The van der Waals surface area contributed by atoms with Gasteiger partial charge in [-0.15, -0.1) is 0 Å². The Bertz CT molecular complexity index is 909. The Morgan fingerprint density at radius 3 is 2.77 bits per heavy atom. The van der Waals surface area contributed by atoms with E-state index in [1.165, 1.54) is 18.6 Å². The van der Waals surface area contributed by atoms with Crippen LogP contribution in [0.3, 0.4) is 0 Å². The first-order valence-corrected chi connectivity index (χ1v) is 6.65. The second-order valence-electron chi connectivity index (χ2n) is 4.52. The molecule has 0 aliphatic rings. The lowest BCUT2D eigenvalue weighted by Crippen LogP contribution is -2.32. The second-order valence-corrected chi connectivity index (χ2v) is 4.52. The molecule has 0 bridgehead atoms. The van der Waals surface area contributed by atoms with Gasteiger partial charge in [0.15, 0.2) is 5.65 Å². The van der Waals surface area contributed by atoms with Crippen molar-refractivity contribution in [3.63, 3.8) is 0 Å². The predicted octanol–water partition coefficient (Wildman–Crippen LogP) is 1.23. The highest BCUT2D eigenvalue weighted by Gasteiger charge is 2.11. The number of hydrogen-bond donors (Lipinski definition) is 1. The van der Waals surface area contributed by atoms with Crippen LogP contribution in [0.15, 0.2) is 59.8 Å². The van der Waals surface area contributed by atoms with Gasteiger partial charge in [-0.25, -0.2) is 14.3 Å². The van der Waals surface area contributed by atoms with Crippen molar-refractivity contribution in [2.24, 2.45) is 0 Å². The molecule has 110 valence electrons. The van der Waals surface area contributed by atoms with Crippen molar-refractivity contribution >= 4 is 16.9 Å². The number of allylic oxidation sites excluding steroid dienone is 1. The number of para-hydroxylation sites is 1. The van der Waals surface area contributed by atoms with Gasteiger partial charge in [0.25, 0.3) is 11.5 Å². The van der Waals surface area contributed by atoms with Crippen LogP contribution in [0.5, 0.6) is 0 Å². The van der Waals surface area contributed by atoms with Crippen molar-refractivity contribution in [1.29, 1.82) is 0 Å². The Labute approximate surface area is 125 Å². The molecule has 0 spiro atoms. The molecule has 0 saturated carbocycles. The maximum absolute atomic E-state index is 12.3. The molecule has 0 aliphatic heterocycles. The van der Waals surface area contributed by atoms with E-state index < -0.39 is 5.91 Å². The number of nitrogens with one attached hydrogen (secondary N) is 1. The zero-order valence-corrected chi connectivity index (χ0v) is 11.8. The first-order chi connectivity index (χ1) is 10.7. The van der Waals surface area contributed by atoms with E-state index in [9.17, 15) is 9.59 Å². The van der Waals surface area contributed by atoms with E-state index in [2.05, 4.69) is 15.5 Å². The highest BCUT2D eigenvalue weighted by atomic mass is 16.2. The van der Waals surface area contributed by atoms with Crippen molar-refractivity contribution in [2.75, 3.05) is 5.43 Å². The normalized spacial score (nSPS) is 11.1. The molecule has 1 amide bonds. The van der Waals surface area contributed by atoms with Crippen molar-refractivity contribution in [3.8, 4) is 5.69 Å². The fourth-order valence-electron chi connectivity index (χ4n) is 2.06. The van der Waals surface area contributed by atoms with Gasteiger partial charge >= 0.3 is 0 Å². The molecule has 0 atom stereocenters. The topological polar surface area (TPSA) is 81.8 Å². The minimum atomic E-state index is -0.402. The van der Waals surface area contributed by atoms with Gasteiger partial charge in [-0.1, -0.05) is 24.3 Å². The molecule has 3 aromatic rings. The Balaban J connectivity index is 2.07. The summed E-state index contributed by atoms with van der Waals surface area (Å²) in [5.74, 6) is -0.402. The fraction of sp³-hybridized carbons (Fsp3) is 0.0667. The standard InChI is InChI=1S/C15H13N5O2/c1-2-6-13(21)18-19-10-16-14-12(15(19)22)9-17-20(14)11-7-4-3-5-8-11/h2-10H,1H3,(H,18,21)/b6-2+. The van der Waals surface area contributed by atoms with Crippen LogP contribution in [-0.2, 0) is 4.79 Å². The number of carbonyl (C=O) groups excluding carboxylic acids is 1. The zero-order valence-electron chi connectivity index (χ0n) is 11.8. The van der Waals surface area contributed by atoms with E-state index in [1.54, 1.807) is 17.7 Å². The average molecular weight is 295 g/mol. The Morgan fingerprint density at radius 2 is 2.05 bits per heavy atom. The minimum absolute atomic E-state index is 0.326. The molecule has 0 radical (unpaired) electrons. The molecular formula is C15H13N5O2. The number of amides is 1. The first kappa shape index (κ1) is 13.7. The molecule has 3 rings (SSSR count). The number of benzene rings is 1. The summed E-state index contributed by atoms with van der Waals surface area (Å²) in [5, 5.41) is 4.52. The maximum Gasteiger partial charge on any atom is 0.283 e. The number of hydrogen-bond acceptors (Lipinski definition) is 4. The summed E-state index contributed by atoms with van der Waals surface area (Å²) < 4.78 is 2.62. The van der Waals surface area contributed by atoms with Crippen LogP contribution >= 0.6 is 0 Å². The molecule has 1 aromatic carbocycles. The van der Waals surface area contributed by atoms with Crippen LogP contribution in [0.4, 0.5) is 0 Å². The van der Waals surface area contributed by atoms with Crippen LogP contribution in [0.2, 0.25) is 0 Å². The molecule has 2 heterocycles. The van der Waals surface area contributed by atoms with Crippen LogP contribution in [0, 0.1) is 0 Å². The molecule has 2 aromatic heterocycles. The fourth-order valence-corrected chi connectivity index (χ4v) is 2.06. The highest BCUT2D eigenvalue weighted by Crippen LogP contribution is 2.12. The second kappa shape index (κ2) is 5.65. The SMILES string of the molecule is C/C=C/C(=O)Nn1cnc2c(cnn2-c2ccccc2)c1=O. The van der Waals surface area contributed by atoms with Gasteiger partial charge in [0.2, 0.25) is 0 Å². The number of aromatic nitrogens is 4. The van der Waals surface area contributed by atoms with E-state index in [0.717, 1.165) is 10.4 Å². The van der Waals surface area contributed by atoms with Crippen LogP contribution < -0.4 is 11.0 Å². The molecule has 1 N–H and O–H groups in total. The van der Waals surface area contributed by atoms with Crippen molar-refractivity contribution in [3.05, 3.63) is 65.4 Å². The highest BCUT2D eigenvalue weighted by molar-refractivity contribution is 5.94. The van der Waals surface area contributed by atoms with Crippen LogP contribution in [-0.4, -0.2) is 25.3 Å². The maximum atomic E-state index is 12.3. The van der Waals surface area contributed by atoms with E-state index in [1.807, 2.05) is 30.3 Å². The van der Waals surface area contributed by atoms with Crippen molar-refractivity contribution in [2.45, 2.75) is 6.92 Å². The number of rotatable bonds is 3. The zero-order chi connectivity index (χ0) is 15.5. The van der Waals surface area contributed by atoms with E-state index >= 15 is 0 Å². The summed E-state index contributed by atoms with van der Waals surface area (Å²) in [6.45, 7) is 1.72. The summed E-state index contributed by atoms with van der Waals surface area (Å²) in [6.07, 6.45) is 5.62. The summed E-state index contributed by atoms with van der Waals surface area (Å²) in [5.41, 5.74) is 3.29. The molecule has 0 fully saturated rings. The molecule has 0 aliphatic carbocycles. The molecular weight excluding hydrogens is 282 g/mol. The van der Waals surface area contributed by atoms with Crippen molar-refractivity contribution in [1.82, 2.24) is 19.4 Å². The van der Waals surface area contributed by atoms with Crippen LogP contribution in [0.25, 0.3) is 16.7 Å². The van der Waals surface area contributed by atoms with Gasteiger partial charge in [0, 0.05) is 6.08 Å². The van der Waals surface area contributed by atoms with Crippen LogP contribution in [0.1, 0.15) is 6.92 Å². The van der Waals surface area contributed by atoms with Gasteiger partial charge in [-0.2, -0.15) is 5.10 Å². The summed E-state index contributed by atoms with van der Waals surface area (Å²) in [7, 11) is 0. The monoisotopic (exact) mass is 295 g/mol. The third kappa shape index (κ3) is 2.39. The van der Waals surface area contributed by atoms with Gasteiger partial charge in [0.1, 0.15) is 11.7 Å². The average Bonchev–Trinajstić information content (AvgIpc) is 2.96. The molecule has 7 nitrogen and oxygen atoms in total. The minimum Gasteiger partial charge on any atom is -0.268 e. The Hall–Kier alpha value is -3.22. The first-order valence-electron chi connectivity index (χ1n) is 6.65. The van der Waals surface area contributed by atoms with Gasteiger partial charge in [-0.05, 0) is 19.1 Å². The summed E-state index contributed by atoms with van der Waals surface area (Å²) in [6, 6.07) is 9.38. The van der Waals surface area contributed by atoms with E-state index in [4.69, 9.17) is 0 Å². The predicted molar refractivity (Wildman–Crippen MR) is 82.3 cm³/mol. The lowest BCUT2D eigenvalue weighted by Gasteiger charge is -2.06. The third-order valence-corrected chi connectivity index (χ3v) is 3.04. The molecule has 22 heavy (non-hydrogen) atoms. The van der Waals surface area contributed by atoms with Gasteiger partial charge in [-0.3, -0.25) is 15.0 Å². The molecule has 0 saturated heterocycles. The lowest BCUT2D eigenvalue weighted by molar-refractivity contribution is -0.112. The summed E-state index contributed by atoms with van der Waals surface area (Å²) >= 11 is 0. The number of fused-ring (bicyclic) bond motifs is 1. The number of nitrogens with zero attached hydrogens (tertiary/aromatic N) is 4. The van der Waals surface area contributed by atoms with Gasteiger partial charge < -0.3 is 0 Å². The summed E-state index contributed by atoms with van der Waals surface area (Å²) in [4.78, 5) is 28.1. The quantitative estimate of drug-likeness (QED) is 0.737. The molecule has 7 heteroatoms. The largest absolute Gasteiger partial charge is 0.283 e. The Morgan fingerprint density at radius 1 is 1.27 bits per heavy atom. The lowest BCUT2D eigenvalue weighted by atomic mass is 10.3. The Kier molecular flexibility index (Phi) is 3.53. The third-order valence-electron chi connectivity index (χ3n) is 3.04. The molecule has 0 unspecified atom stereocenters. The smallest absolute Gasteiger partial charge is 0.268 e. The van der Waals surface area contributed by atoms with E-state index in [-0.39, 0.29) is 5.56 Å².